The van der Waals surface area contributed by atoms with Crippen molar-refractivity contribution in [2.45, 2.75) is 19.4 Å². The number of thiophene rings is 1. The number of carbonyl (C=O) groups excluding carboxylic acids is 3. The highest BCUT2D eigenvalue weighted by molar-refractivity contribution is 7.09. The van der Waals surface area contributed by atoms with E-state index in [4.69, 9.17) is 4.74 Å². The monoisotopic (exact) mass is 358 g/mol. The van der Waals surface area contributed by atoms with Crippen LogP contribution >= 0.6 is 11.3 Å². The Bertz CT molecular complexity index is 773. The van der Waals surface area contributed by atoms with Gasteiger partial charge in [-0.05, 0) is 36.1 Å². The summed E-state index contributed by atoms with van der Waals surface area (Å²) in [6.45, 7) is 0.736. The van der Waals surface area contributed by atoms with Gasteiger partial charge in [0.2, 0.25) is 5.91 Å². The van der Waals surface area contributed by atoms with Crippen LogP contribution in [0.2, 0.25) is 0 Å². The SMILES string of the molecule is O=C(COC(=O)c1cccc(N2CCCC2=O)c1)NCc1cccs1. The van der Waals surface area contributed by atoms with E-state index in [2.05, 4.69) is 5.32 Å². The molecule has 1 N–H and O–H groups in total. The number of rotatable bonds is 6. The maximum absolute atomic E-state index is 12.1. The first-order chi connectivity index (χ1) is 12.1. The van der Waals surface area contributed by atoms with Gasteiger partial charge in [-0.2, -0.15) is 0 Å². The Morgan fingerprint density at radius 1 is 1.24 bits per heavy atom. The summed E-state index contributed by atoms with van der Waals surface area (Å²) in [4.78, 5) is 38.4. The molecule has 130 valence electrons. The summed E-state index contributed by atoms with van der Waals surface area (Å²) in [5.41, 5.74) is 1.00. The third-order valence-corrected chi connectivity index (χ3v) is 4.72. The van der Waals surface area contributed by atoms with Crippen molar-refractivity contribution in [2.24, 2.45) is 0 Å². The van der Waals surface area contributed by atoms with Crippen molar-refractivity contribution in [3.05, 3.63) is 52.2 Å². The second-order valence-electron chi connectivity index (χ2n) is 5.63. The van der Waals surface area contributed by atoms with Gasteiger partial charge in [0, 0.05) is 23.5 Å². The van der Waals surface area contributed by atoms with Crippen molar-refractivity contribution in [1.29, 1.82) is 0 Å². The molecule has 2 heterocycles. The molecule has 7 heteroatoms. The van der Waals surface area contributed by atoms with E-state index in [-0.39, 0.29) is 18.4 Å². The highest BCUT2D eigenvalue weighted by atomic mass is 32.1. The van der Waals surface area contributed by atoms with E-state index in [0.717, 1.165) is 11.3 Å². The molecular weight excluding hydrogens is 340 g/mol. The van der Waals surface area contributed by atoms with Gasteiger partial charge < -0.3 is 15.0 Å². The molecule has 2 aromatic rings. The first-order valence-corrected chi connectivity index (χ1v) is 8.88. The number of carbonyl (C=O) groups is 3. The zero-order valence-electron chi connectivity index (χ0n) is 13.6. The Balaban J connectivity index is 1.52. The van der Waals surface area contributed by atoms with Crippen LogP contribution in [0.25, 0.3) is 0 Å². The van der Waals surface area contributed by atoms with E-state index in [1.807, 2.05) is 17.5 Å². The lowest BCUT2D eigenvalue weighted by Gasteiger charge is -2.16. The number of esters is 1. The fraction of sp³-hybridized carbons (Fsp3) is 0.278. The van der Waals surface area contributed by atoms with Gasteiger partial charge in [0.15, 0.2) is 6.61 Å². The van der Waals surface area contributed by atoms with Gasteiger partial charge >= 0.3 is 5.97 Å². The molecule has 0 atom stereocenters. The number of benzene rings is 1. The van der Waals surface area contributed by atoms with Crippen molar-refractivity contribution in [2.75, 3.05) is 18.1 Å². The number of nitrogens with zero attached hydrogens (tertiary/aromatic N) is 1. The second-order valence-corrected chi connectivity index (χ2v) is 6.66. The molecule has 25 heavy (non-hydrogen) atoms. The van der Waals surface area contributed by atoms with Crippen molar-refractivity contribution in [1.82, 2.24) is 5.32 Å². The van der Waals surface area contributed by atoms with Gasteiger partial charge in [-0.1, -0.05) is 12.1 Å². The average Bonchev–Trinajstić information content (AvgIpc) is 3.29. The minimum Gasteiger partial charge on any atom is -0.452 e. The van der Waals surface area contributed by atoms with Crippen molar-refractivity contribution in [3.8, 4) is 0 Å². The zero-order valence-corrected chi connectivity index (χ0v) is 14.4. The lowest BCUT2D eigenvalue weighted by molar-refractivity contribution is -0.124. The minimum atomic E-state index is -0.584. The van der Waals surface area contributed by atoms with Crippen LogP contribution in [0.5, 0.6) is 0 Å². The highest BCUT2D eigenvalue weighted by Gasteiger charge is 2.22. The van der Waals surface area contributed by atoms with E-state index >= 15 is 0 Å². The van der Waals surface area contributed by atoms with Crippen LogP contribution in [0.4, 0.5) is 5.69 Å². The van der Waals surface area contributed by atoms with Crippen LogP contribution in [0, 0.1) is 0 Å². The fourth-order valence-electron chi connectivity index (χ4n) is 2.59. The van der Waals surface area contributed by atoms with Crippen LogP contribution in [-0.4, -0.2) is 30.9 Å². The largest absolute Gasteiger partial charge is 0.452 e. The van der Waals surface area contributed by atoms with Crippen molar-refractivity contribution < 1.29 is 19.1 Å². The van der Waals surface area contributed by atoms with Crippen molar-refractivity contribution in [3.63, 3.8) is 0 Å². The van der Waals surface area contributed by atoms with E-state index in [1.165, 1.54) is 0 Å². The van der Waals surface area contributed by atoms with Crippen LogP contribution in [0.15, 0.2) is 41.8 Å². The molecule has 0 spiro atoms. The normalized spacial score (nSPS) is 13.8. The smallest absolute Gasteiger partial charge is 0.338 e. The summed E-state index contributed by atoms with van der Waals surface area (Å²) in [6.07, 6.45) is 1.34. The highest BCUT2D eigenvalue weighted by Crippen LogP contribution is 2.22. The summed E-state index contributed by atoms with van der Waals surface area (Å²) in [7, 11) is 0. The molecule has 1 fully saturated rings. The quantitative estimate of drug-likeness (QED) is 0.804. The predicted octanol–water partition coefficient (Wildman–Crippen LogP) is 2.35. The molecule has 3 rings (SSSR count). The van der Waals surface area contributed by atoms with Gasteiger partial charge in [-0.15, -0.1) is 11.3 Å². The number of nitrogens with one attached hydrogen (secondary N) is 1. The molecule has 1 aromatic carbocycles. The number of hydrogen-bond donors (Lipinski definition) is 1. The third kappa shape index (κ3) is 4.45. The number of amides is 2. The summed E-state index contributed by atoms with van der Waals surface area (Å²) in [5, 5.41) is 4.63. The molecule has 1 aliphatic heterocycles. The van der Waals surface area contributed by atoms with E-state index < -0.39 is 5.97 Å². The molecule has 6 nitrogen and oxygen atoms in total. The Kier molecular flexibility index (Phi) is 5.45. The Morgan fingerprint density at radius 3 is 2.84 bits per heavy atom. The standard InChI is InChI=1S/C18H18N2O4S/c21-16(19-11-15-6-3-9-25-15)12-24-18(23)13-4-1-5-14(10-13)20-8-2-7-17(20)22/h1,3-6,9-10H,2,7-8,11-12H2,(H,19,21). The summed E-state index contributed by atoms with van der Waals surface area (Å²) in [6, 6.07) is 10.5. The summed E-state index contributed by atoms with van der Waals surface area (Å²) < 4.78 is 5.05. The summed E-state index contributed by atoms with van der Waals surface area (Å²) >= 11 is 1.55. The van der Waals surface area contributed by atoms with Crippen LogP contribution in [0.1, 0.15) is 28.1 Å². The Labute approximate surface area is 149 Å². The molecular formula is C18H18N2O4S. The first kappa shape index (κ1) is 17.2. The topological polar surface area (TPSA) is 75.7 Å². The first-order valence-electron chi connectivity index (χ1n) is 8.00. The fourth-order valence-corrected chi connectivity index (χ4v) is 3.23. The third-order valence-electron chi connectivity index (χ3n) is 3.84. The molecule has 1 saturated heterocycles. The van der Waals surface area contributed by atoms with Gasteiger partial charge in [-0.3, -0.25) is 9.59 Å². The van der Waals surface area contributed by atoms with Crippen LogP contribution < -0.4 is 10.2 Å². The molecule has 1 aromatic heterocycles. The molecule has 2 amide bonds. The minimum absolute atomic E-state index is 0.0541. The lowest BCUT2D eigenvalue weighted by Crippen LogP contribution is -2.28. The zero-order chi connectivity index (χ0) is 17.6. The molecule has 1 aliphatic rings. The number of anilines is 1. The van der Waals surface area contributed by atoms with Crippen LogP contribution in [0.3, 0.4) is 0 Å². The van der Waals surface area contributed by atoms with Gasteiger partial charge in [0.1, 0.15) is 0 Å². The van der Waals surface area contributed by atoms with Gasteiger partial charge in [0.25, 0.3) is 5.91 Å². The average molecular weight is 358 g/mol. The van der Waals surface area contributed by atoms with E-state index in [1.54, 1.807) is 40.5 Å². The Hall–Kier alpha value is -2.67. The maximum Gasteiger partial charge on any atom is 0.338 e. The summed E-state index contributed by atoms with van der Waals surface area (Å²) in [5.74, 6) is -0.883. The van der Waals surface area contributed by atoms with Crippen LogP contribution in [-0.2, 0) is 20.9 Å². The lowest BCUT2D eigenvalue weighted by atomic mass is 10.2. The van der Waals surface area contributed by atoms with Gasteiger partial charge in [-0.25, -0.2) is 4.79 Å². The predicted molar refractivity (Wildman–Crippen MR) is 94.5 cm³/mol. The Morgan fingerprint density at radius 2 is 2.12 bits per heavy atom. The molecule has 0 saturated carbocycles. The van der Waals surface area contributed by atoms with E-state index in [9.17, 15) is 14.4 Å². The molecule has 0 unspecified atom stereocenters. The second kappa shape index (κ2) is 7.94. The molecule has 0 radical (unpaired) electrons. The van der Waals surface area contributed by atoms with E-state index in [0.29, 0.717) is 30.8 Å². The molecule has 0 aliphatic carbocycles. The van der Waals surface area contributed by atoms with Gasteiger partial charge in [0.05, 0.1) is 12.1 Å². The number of hydrogen-bond acceptors (Lipinski definition) is 5. The number of ether oxygens (including phenoxy) is 1. The van der Waals surface area contributed by atoms with Crippen molar-refractivity contribution >= 4 is 34.8 Å². The maximum atomic E-state index is 12.1. The molecule has 0 bridgehead atoms.